The average Bonchev–Trinajstić information content (AvgIpc) is 2.67. The van der Waals surface area contributed by atoms with Gasteiger partial charge in [-0.1, -0.05) is 41.9 Å². The van der Waals surface area contributed by atoms with Gasteiger partial charge in [-0.3, -0.25) is 9.69 Å². The van der Waals surface area contributed by atoms with Crippen LogP contribution in [0.1, 0.15) is 5.56 Å². The van der Waals surface area contributed by atoms with Crippen LogP contribution in [-0.4, -0.2) is 49.8 Å². The van der Waals surface area contributed by atoms with Crippen LogP contribution in [0.2, 0.25) is 5.02 Å². The van der Waals surface area contributed by atoms with E-state index < -0.39 is 5.82 Å². The van der Waals surface area contributed by atoms with E-state index >= 15 is 0 Å². The molecule has 5 nitrogen and oxygen atoms in total. The molecule has 2 aromatic carbocycles. The van der Waals surface area contributed by atoms with Crippen molar-refractivity contribution in [2.24, 2.45) is 0 Å². The molecule has 2 aromatic rings. The molecule has 1 aliphatic heterocycles. The van der Waals surface area contributed by atoms with E-state index in [0.29, 0.717) is 13.2 Å². The first kappa shape index (κ1) is 19.6. The summed E-state index contributed by atoms with van der Waals surface area (Å²) in [5.41, 5.74) is 1.26. The van der Waals surface area contributed by atoms with Crippen LogP contribution in [0.4, 0.5) is 4.39 Å². The van der Waals surface area contributed by atoms with E-state index in [1.54, 1.807) is 0 Å². The normalized spacial score (nSPS) is 17.5. The summed E-state index contributed by atoms with van der Waals surface area (Å²) in [6.07, 6.45) is -0.0687. The fourth-order valence-corrected chi connectivity index (χ4v) is 3.13. The first-order chi connectivity index (χ1) is 13.1. The number of carbonyl (C=O) groups excluding carboxylic acids is 1. The summed E-state index contributed by atoms with van der Waals surface area (Å²) in [6, 6.07) is 14.0. The Balaban J connectivity index is 1.40. The third-order valence-electron chi connectivity index (χ3n) is 4.25. The highest BCUT2D eigenvalue weighted by molar-refractivity contribution is 6.32. The lowest BCUT2D eigenvalue weighted by Crippen LogP contribution is -2.47. The molecule has 1 fully saturated rings. The van der Waals surface area contributed by atoms with Gasteiger partial charge >= 0.3 is 0 Å². The summed E-state index contributed by atoms with van der Waals surface area (Å²) < 4.78 is 24.1. The second-order valence-corrected chi connectivity index (χ2v) is 6.79. The first-order valence-corrected chi connectivity index (χ1v) is 9.20. The fraction of sp³-hybridized carbons (Fsp3) is 0.350. The number of hydrogen-bond donors (Lipinski definition) is 1. The molecule has 1 unspecified atom stereocenters. The van der Waals surface area contributed by atoms with Crippen LogP contribution in [-0.2, 0) is 16.1 Å². The highest BCUT2D eigenvalue weighted by atomic mass is 35.5. The van der Waals surface area contributed by atoms with E-state index in [2.05, 4.69) is 22.3 Å². The van der Waals surface area contributed by atoms with E-state index in [0.717, 1.165) is 25.7 Å². The lowest BCUT2D eigenvalue weighted by molar-refractivity contribution is -0.124. The Morgan fingerprint density at radius 3 is 2.89 bits per heavy atom. The van der Waals surface area contributed by atoms with E-state index in [-0.39, 0.29) is 29.4 Å². The van der Waals surface area contributed by atoms with Crippen molar-refractivity contribution in [3.8, 4) is 5.75 Å². The van der Waals surface area contributed by atoms with Crippen molar-refractivity contribution in [3.63, 3.8) is 0 Å². The second-order valence-electron chi connectivity index (χ2n) is 6.38. The summed E-state index contributed by atoms with van der Waals surface area (Å²) in [4.78, 5) is 14.3. The Kier molecular flexibility index (Phi) is 7.04. The second kappa shape index (κ2) is 9.69. The predicted molar refractivity (Wildman–Crippen MR) is 101 cm³/mol. The van der Waals surface area contributed by atoms with Crippen molar-refractivity contribution in [1.29, 1.82) is 0 Å². The maximum atomic E-state index is 13.0. The molecule has 1 saturated heterocycles. The fourth-order valence-electron chi connectivity index (χ4n) is 2.90. The molecule has 27 heavy (non-hydrogen) atoms. The smallest absolute Gasteiger partial charge is 0.258 e. The topological polar surface area (TPSA) is 50.8 Å². The Morgan fingerprint density at radius 1 is 1.30 bits per heavy atom. The molecule has 1 heterocycles. The maximum absolute atomic E-state index is 13.0. The predicted octanol–water partition coefficient (Wildman–Crippen LogP) is 2.88. The van der Waals surface area contributed by atoms with E-state index in [4.69, 9.17) is 21.1 Å². The van der Waals surface area contributed by atoms with Crippen LogP contribution in [0, 0.1) is 5.82 Å². The Hall–Kier alpha value is -2.15. The van der Waals surface area contributed by atoms with Crippen LogP contribution >= 0.6 is 11.6 Å². The van der Waals surface area contributed by atoms with Gasteiger partial charge in [0.25, 0.3) is 5.91 Å². The van der Waals surface area contributed by atoms with Crippen LogP contribution in [0.15, 0.2) is 48.5 Å². The molecule has 0 aromatic heterocycles. The number of ether oxygens (including phenoxy) is 2. The van der Waals surface area contributed by atoms with Crippen LogP contribution in [0.5, 0.6) is 5.75 Å². The minimum absolute atomic E-state index is 0.0687. The zero-order chi connectivity index (χ0) is 19.1. The number of nitrogens with one attached hydrogen (secondary N) is 1. The summed E-state index contributed by atoms with van der Waals surface area (Å²) in [5, 5.41) is 2.94. The molecule has 0 saturated carbocycles. The monoisotopic (exact) mass is 392 g/mol. The molecule has 7 heteroatoms. The third kappa shape index (κ3) is 6.20. The molecular formula is C20H22ClFN2O3. The highest BCUT2D eigenvalue weighted by Crippen LogP contribution is 2.24. The van der Waals surface area contributed by atoms with Gasteiger partial charge in [0.1, 0.15) is 11.6 Å². The number of amides is 1. The molecule has 1 aliphatic rings. The van der Waals surface area contributed by atoms with Crippen molar-refractivity contribution >= 4 is 17.5 Å². The number of carbonyl (C=O) groups is 1. The van der Waals surface area contributed by atoms with E-state index in [9.17, 15) is 9.18 Å². The van der Waals surface area contributed by atoms with Gasteiger partial charge in [0, 0.05) is 26.2 Å². The summed E-state index contributed by atoms with van der Waals surface area (Å²) in [7, 11) is 0. The summed E-state index contributed by atoms with van der Waals surface area (Å²) in [6.45, 7) is 3.33. The van der Waals surface area contributed by atoms with Gasteiger partial charge in [0.2, 0.25) is 0 Å². The zero-order valence-corrected chi connectivity index (χ0v) is 15.6. The van der Waals surface area contributed by atoms with Gasteiger partial charge in [0.15, 0.2) is 6.61 Å². The average molecular weight is 393 g/mol. The molecule has 1 atom stereocenters. The maximum Gasteiger partial charge on any atom is 0.258 e. The molecule has 3 rings (SSSR count). The van der Waals surface area contributed by atoms with Gasteiger partial charge in [-0.15, -0.1) is 0 Å². The molecule has 0 spiro atoms. The number of benzene rings is 2. The lowest BCUT2D eigenvalue weighted by atomic mass is 10.2. The van der Waals surface area contributed by atoms with Crippen LogP contribution < -0.4 is 10.1 Å². The van der Waals surface area contributed by atoms with Gasteiger partial charge in [-0.2, -0.15) is 0 Å². The molecular weight excluding hydrogens is 371 g/mol. The molecule has 0 radical (unpaired) electrons. The van der Waals surface area contributed by atoms with Gasteiger partial charge < -0.3 is 14.8 Å². The molecule has 0 aliphatic carbocycles. The SMILES string of the molecule is O=C(COc1ccc(F)cc1Cl)NCC1CN(Cc2ccccc2)CCO1. The Morgan fingerprint density at radius 2 is 2.11 bits per heavy atom. The first-order valence-electron chi connectivity index (χ1n) is 8.82. The third-order valence-corrected chi connectivity index (χ3v) is 4.55. The van der Waals surface area contributed by atoms with Crippen molar-refractivity contribution in [2.45, 2.75) is 12.6 Å². The van der Waals surface area contributed by atoms with Crippen molar-refractivity contribution < 1.29 is 18.7 Å². The molecule has 1 amide bonds. The number of morpholine rings is 1. The number of halogens is 2. The van der Waals surface area contributed by atoms with Crippen molar-refractivity contribution in [3.05, 3.63) is 64.9 Å². The Bertz CT molecular complexity index is 760. The number of hydrogen-bond acceptors (Lipinski definition) is 4. The zero-order valence-electron chi connectivity index (χ0n) is 14.9. The quantitative estimate of drug-likeness (QED) is 0.787. The van der Waals surface area contributed by atoms with Gasteiger partial charge in [0.05, 0.1) is 17.7 Å². The van der Waals surface area contributed by atoms with Crippen LogP contribution in [0.25, 0.3) is 0 Å². The Labute approximate surface area is 163 Å². The summed E-state index contributed by atoms with van der Waals surface area (Å²) in [5.74, 6) is -0.457. The van der Waals surface area contributed by atoms with Crippen molar-refractivity contribution in [1.82, 2.24) is 10.2 Å². The molecule has 0 bridgehead atoms. The minimum atomic E-state index is -0.452. The van der Waals surface area contributed by atoms with E-state index in [1.165, 1.54) is 17.7 Å². The number of rotatable bonds is 7. The molecule has 144 valence electrons. The van der Waals surface area contributed by atoms with Gasteiger partial charge in [-0.05, 0) is 23.8 Å². The minimum Gasteiger partial charge on any atom is -0.482 e. The summed E-state index contributed by atoms with van der Waals surface area (Å²) >= 11 is 5.87. The lowest BCUT2D eigenvalue weighted by Gasteiger charge is -2.33. The van der Waals surface area contributed by atoms with Gasteiger partial charge in [-0.25, -0.2) is 4.39 Å². The van der Waals surface area contributed by atoms with E-state index in [1.807, 2.05) is 18.2 Å². The largest absolute Gasteiger partial charge is 0.482 e. The highest BCUT2D eigenvalue weighted by Gasteiger charge is 2.21. The van der Waals surface area contributed by atoms with Crippen molar-refractivity contribution in [2.75, 3.05) is 32.8 Å². The van der Waals surface area contributed by atoms with Crippen LogP contribution in [0.3, 0.4) is 0 Å². The number of nitrogens with zero attached hydrogens (tertiary/aromatic N) is 1. The standard InChI is InChI=1S/C20H22ClFN2O3/c21-18-10-16(22)6-7-19(18)27-14-20(25)23-11-17-13-24(8-9-26-17)12-15-4-2-1-3-5-15/h1-7,10,17H,8-9,11-14H2,(H,23,25). The molecule has 1 N–H and O–H groups in total.